The van der Waals surface area contributed by atoms with Crippen molar-refractivity contribution in [2.24, 2.45) is 11.8 Å². The summed E-state index contributed by atoms with van der Waals surface area (Å²) in [5, 5.41) is 0. The second kappa shape index (κ2) is 5.54. The number of furan rings is 1. The van der Waals surface area contributed by atoms with Crippen LogP contribution in [0.15, 0.2) is 22.8 Å². The summed E-state index contributed by atoms with van der Waals surface area (Å²) in [6.07, 6.45) is 4.35. The van der Waals surface area contributed by atoms with E-state index in [1.807, 2.05) is 24.1 Å². The molecule has 5 heteroatoms. The van der Waals surface area contributed by atoms with E-state index in [0.29, 0.717) is 25.4 Å². The van der Waals surface area contributed by atoms with Gasteiger partial charge in [-0.3, -0.25) is 9.59 Å². The standard InChI is InChI=1S/C16H22N2O3/c1-11(12-5-6-12)17(2)16(20)13-8-15(19)18(9-13)10-14-4-3-7-21-14/h3-4,7,11-13H,5-6,8-10H2,1-2H3. The SMILES string of the molecule is CC(C1CC1)N(C)C(=O)C1CC(=O)N(Cc2ccco2)C1. The van der Waals surface area contributed by atoms with Crippen LogP contribution in [0.5, 0.6) is 0 Å². The molecule has 1 aliphatic carbocycles. The molecule has 1 saturated heterocycles. The Labute approximate surface area is 124 Å². The lowest BCUT2D eigenvalue weighted by Gasteiger charge is -2.27. The molecule has 114 valence electrons. The minimum atomic E-state index is -0.210. The summed E-state index contributed by atoms with van der Waals surface area (Å²) in [6.45, 7) is 3.06. The number of hydrogen-bond acceptors (Lipinski definition) is 3. The average molecular weight is 290 g/mol. The maximum atomic E-state index is 12.5. The maximum Gasteiger partial charge on any atom is 0.227 e. The van der Waals surface area contributed by atoms with Crippen LogP contribution in [-0.2, 0) is 16.1 Å². The molecule has 2 unspecified atom stereocenters. The molecule has 2 aliphatic rings. The van der Waals surface area contributed by atoms with Gasteiger partial charge in [0.05, 0.1) is 18.7 Å². The monoisotopic (exact) mass is 290 g/mol. The summed E-state index contributed by atoms with van der Waals surface area (Å²) < 4.78 is 5.28. The van der Waals surface area contributed by atoms with Gasteiger partial charge in [0.2, 0.25) is 11.8 Å². The van der Waals surface area contributed by atoms with Crippen LogP contribution in [-0.4, -0.2) is 41.2 Å². The highest BCUT2D eigenvalue weighted by Gasteiger charge is 2.39. The fourth-order valence-corrected chi connectivity index (χ4v) is 3.06. The van der Waals surface area contributed by atoms with Crippen molar-refractivity contribution in [1.82, 2.24) is 9.80 Å². The molecule has 0 N–H and O–H groups in total. The van der Waals surface area contributed by atoms with E-state index in [1.54, 1.807) is 11.2 Å². The zero-order valence-corrected chi connectivity index (χ0v) is 12.6. The zero-order chi connectivity index (χ0) is 15.0. The van der Waals surface area contributed by atoms with E-state index < -0.39 is 0 Å². The summed E-state index contributed by atoms with van der Waals surface area (Å²) >= 11 is 0. The number of rotatable bonds is 5. The fraction of sp³-hybridized carbons (Fsp3) is 0.625. The van der Waals surface area contributed by atoms with Crippen LogP contribution in [0.3, 0.4) is 0 Å². The van der Waals surface area contributed by atoms with Gasteiger partial charge in [0.1, 0.15) is 5.76 Å². The van der Waals surface area contributed by atoms with Crippen molar-refractivity contribution in [3.05, 3.63) is 24.2 Å². The van der Waals surface area contributed by atoms with Gasteiger partial charge in [0.15, 0.2) is 0 Å². The van der Waals surface area contributed by atoms with Crippen LogP contribution in [0.4, 0.5) is 0 Å². The fourth-order valence-electron chi connectivity index (χ4n) is 3.06. The lowest BCUT2D eigenvalue weighted by molar-refractivity contribution is -0.136. The van der Waals surface area contributed by atoms with Gasteiger partial charge in [-0.25, -0.2) is 0 Å². The summed E-state index contributed by atoms with van der Waals surface area (Å²) in [5.74, 6) is 1.34. The van der Waals surface area contributed by atoms with E-state index in [1.165, 1.54) is 12.8 Å². The topological polar surface area (TPSA) is 53.8 Å². The molecule has 3 rings (SSSR count). The summed E-state index contributed by atoms with van der Waals surface area (Å²) in [4.78, 5) is 28.2. The van der Waals surface area contributed by atoms with Crippen LogP contribution in [0.25, 0.3) is 0 Å². The Balaban J connectivity index is 1.59. The van der Waals surface area contributed by atoms with Crippen molar-refractivity contribution in [3.63, 3.8) is 0 Å². The normalized spacial score (nSPS) is 23.4. The van der Waals surface area contributed by atoms with Crippen LogP contribution >= 0.6 is 0 Å². The summed E-state index contributed by atoms with van der Waals surface area (Å²) in [6, 6.07) is 3.94. The second-order valence-electron chi connectivity index (χ2n) is 6.28. The van der Waals surface area contributed by atoms with Crippen molar-refractivity contribution in [2.45, 2.75) is 38.8 Å². The molecule has 2 fully saturated rings. The second-order valence-corrected chi connectivity index (χ2v) is 6.28. The van der Waals surface area contributed by atoms with Gasteiger partial charge in [-0.2, -0.15) is 0 Å². The zero-order valence-electron chi connectivity index (χ0n) is 12.6. The molecule has 2 heterocycles. The largest absolute Gasteiger partial charge is 0.467 e. The molecule has 0 radical (unpaired) electrons. The van der Waals surface area contributed by atoms with Crippen molar-refractivity contribution in [2.75, 3.05) is 13.6 Å². The Morgan fingerprint density at radius 2 is 2.29 bits per heavy atom. The Bertz CT molecular complexity index is 522. The molecule has 21 heavy (non-hydrogen) atoms. The van der Waals surface area contributed by atoms with E-state index in [-0.39, 0.29) is 23.8 Å². The van der Waals surface area contributed by atoms with E-state index in [0.717, 1.165) is 5.76 Å². The minimum Gasteiger partial charge on any atom is -0.467 e. The van der Waals surface area contributed by atoms with Crippen molar-refractivity contribution in [1.29, 1.82) is 0 Å². The molecule has 5 nitrogen and oxygen atoms in total. The molecule has 1 aromatic heterocycles. The third-order valence-corrected chi connectivity index (χ3v) is 4.75. The first kappa shape index (κ1) is 14.2. The molecule has 0 aromatic carbocycles. The lowest BCUT2D eigenvalue weighted by atomic mass is 10.1. The van der Waals surface area contributed by atoms with Crippen LogP contribution < -0.4 is 0 Å². The predicted octanol–water partition coefficient (Wildman–Crippen LogP) is 1.89. The van der Waals surface area contributed by atoms with E-state index in [4.69, 9.17) is 4.42 Å². The first-order valence-corrected chi connectivity index (χ1v) is 7.63. The number of hydrogen-bond donors (Lipinski definition) is 0. The molecule has 1 saturated carbocycles. The predicted molar refractivity (Wildman–Crippen MR) is 77.2 cm³/mol. The number of likely N-dealkylation sites (tertiary alicyclic amines) is 1. The molecule has 2 amide bonds. The highest BCUT2D eigenvalue weighted by atomic mass is 16.3. The lowest BCUT2D eigenvalue weighted by Crippen LogP contribution is -2.41. The van der Waals surface area contributed by atoms with Crippen LogP contribution in [0.1, 0.15) is 31.9 Å². The Morgan fingerprint density at radius 3 is 2.90 bits per heavy atom. The van der Waals surface area contributed by atoms with E-state index >= 15 is 0 Å². The highest BCUT2D eigenvalue weighted by Crippen LogP contribution is 2.35. The number of carbonyl (C=O) groups is 2. The first-order valence-electron chi connectivity index (χ1n) is 7.63. The molecule has 0 bridgehead atoms. The Hall–Kier alpha value is -1.78. The number of amides is 2. The molecular weight excluding hydrogens is 268 g/mol. The highest BCUT2D eigenvalue weighted by molar-refractivity contribution is 5.89. The van der Waals surface area contributed by atoms with Gasteiger partial charge in [-0.05, 0) is 37.8 Å². The van der Waals surface area contributed by atoms with E-state index in [2.05, 4.69) is 6.92 Å². The Morgan fingerprint density at radius 1 is 1.52 bits per heavy atom. The van der Waals surface area contributed by atoms with Gasteiger partial charge in [-0.1, -0.05) is 0 Å². The van der Waals surface area contributed by atoms with E-state index in [9.17, 15) is 9.59 Å². The van der Waals surface area contributed by atoms with Crippen LogP contribution in [0.2, 0.25) is 0 Å². The molecule has 0 spiro atoms. The van der Waals surface area contributed by atoms with Crippen LogP contribution in [0, 0.1) is 11.8 Å². The quantitative estimate of drug-likeness (QED) is 0.832. The average Bonchev–Trinajstić information content (AvgIpc) is 3.09. The molecule has 2 atom stereocenters. The summed E-state index contributed by atoms with van der Waals surface area (Å²) in [7, 11) is 1.87. The van der Waals surface area contributed by atoms with Gasteiger partial charge < -0.3 is 14.2 Å². The third kappa shape index (κ3) is 2.96. The Kier molecular flexibility index (Phi) is 3.74. The number of nitrogens with zero attached hydrogens (tertiary/aromatic N) is 2. The van der Waals surface area contributed by atoms with Crippen molar-refractivity contribution >= 4 is 11.8 Å². The van der Waals surface area contributed by atoms with Crippen molar-refractivity contribution in [3.8, 4) is 0 Å². The molecular formula is C16H22N2O3. The van der Waals surface area contributed by atoms with Gasteiger partial charge in [0, 0.05) is 26.1 Å². The number of carbonyl (C=O) groups excluding carboxylic acids is 2. The van der Waals surface area contributed by atoms with Crippen molar-refractivity contribution < 1.29 is 14.0 Å². The maximum absolute atomic E-state index is 12.5. The molecule has 1 aromatic rings. The molecule has 1 aliphatic heterocycles. The smallest absolute Gasteiger partial charge is 0.227 e. The third-order valence-electron chi connectivity index (χ3n) is 4.75. The summed E-state index contributed by atoms with van der Waals surface area (Å²) in [5.41, 5.74) is 0. The first-order chi connectivity index (χ1) is 10.1. The van der Waals surface area contributed by atoms with Gasteiger partial charge >= 0.3 is 0 Å². The minimum absolute atomic E-state index is 0.0391. The van der Waals surface area contributed by atoms with Gasteiger partial charge in [0.25, 0.3) is 0 Å². The van der Waals surface area contributed by atoms with Gasteiger partial charge in [-0.15, -0.1) is 0 Å².